The summed E-state index contributed by atoms with van der Waals surface area (Å²) in [6, 6.07) is 11.6. The number of rotatable bonds is 6. The lowest BCUT2D eigenvalue weighted by atomic mass is 9.98. The Bertz CT molecular complexity index is 1290. The van der Waals surface area contributed by atoms with Crippen LogP contribution in [-0.4, -0.2) is 101 Å². The second-order valence-electron chi connectivity index (χ2n) is 10.4. The molecule has 0 bridgehead atoms. The van der Waals surface area contributed by atoms with Gasteiger partial charge in [-0.2, -0.15) is 0 Å². The Morgan fingerprint density at radius 2 is 1.84 bits per heavy atom. The van der Waals surface area contributed by atoms with Crippen LogP contribution in [0.4, 0.5) is 10.5 Å². The summed E-state index contributed by atoms with van der Waals surface area (Å²) in [6.45, 7) is 8.45. The van der Waals surface area contributed by atoms with E-state index in [9.17, 15) is 9.90 Å². The third-order valence-corrected chi connectivity index (χ3v) is 7.52. The summed E-state index contributed by atoms with van der Waals surface area (Å²) in [5.74, 6) is 7.29. The largest absolute Gasteiger partial charge is 0.463 e. The number of piperazine rings is 1. The topological polar surface area (TPSA) is 121 Å². The maximum absolute atomic E-state index is 13.2. The zero-order valence-corrected chi connectivity index (χ0v) is 21.9. The normalized spacial score (nSPS) is 22.0. The van der Waals surface area contributed by atoms with E-state index < -0.39 is 11.9 Å². The maximum atomic E-state index is 13.2. The number of carbonyl (C=O) groups excluding carboxylic acids is 1. The van der Waals surface area contributed by atoms with Gasteiger partial charge in [0.25, 0.3) is 0 Å². The second-order valence-corrected chi connectivity index (χ2v) is 10.4. The first-order valence-corrected chi connectivity index (χ1v) is 12.8. The molecule has 5 heterocycles. The Labute approximate surface area is 221 Å². The quantitative estimate of drug-likeness (QED) is 0.551. The zero-order valence-electron chi connectivity index (χ0n) is 21.9. The number of urea groups is 1. The van der Waals surface area contributed by atoms with Crippen molar-refractivity contribution in [3.05, 3.63) is 59.7 Å². The lowest BCUT2D eigenvalue weighted by Crippen LogP contribution is -2.49. The van der Waals surface area contributed by atoms with E-state index in [2.05, 4.69) is 26.9 Å². The minimum Gasteiger partial charge on any atom is -0.463 e. The Morgan fingerprint density at radius 3 is 2.50 bits per heavy atom. The van der Waals surface area contributed by atoms with Crippen molar-refractivity contribution in [3.8, 4) is 0 Å². The SMILES string of the molecule is CN1C(=O)N(CCN2CCN(c3ccc(C(C)(C)O)cc3)CC2)C2N=C3C(=C(c4ccco4)N=CN3N)N21. The standard InChI is InChI=1S/C26H33N9O3/c1-26(2,37)18-6-8-19(9-7-18)32-13-10-31(11-14-32)12-15-33-24-29-23-22(35(24)30(3)25(33)36)21(28-17-34(23)27)20-5-4-16-38-20/h4-9,16-17,24,37H,10-15,27H2,1-3H3. The van der Waals surface area contributed by atoms with Crippen LogP contribution in [0.3, 0.4) is 0 Å². The molecule has 12 heteroatoms. The van der Waals surface area contributed by atoms with E-state index in [-0.39, 0.29) is 6.03 Å². The predicted molar refractivity (Wildman–Crippen MR) is 143 cm³/mol. The van der Waals surface area contributed by atoms with Crippen molar-refractivity contribution < 1.29 is 14.3 Å². The molecule has 0 radical (unpaired) electrons. The molecule has 2 fully saturated rings. The van der Waals surface area contributed by atoms with Crippen molar-refractivity contribution in [1.29, 1.82) is 0 Å². The van der Waals surface area contributed by atoms with E-state index in [1.807, 2.05) is 23.2 Å². The van der Waals surface area contributed by atoms with Gasteiger partial charge in [0.15, 0.2) is 11.6 Å². The van der Waals surface area contributed by atoms with Gasteiger partial charge in [-0.1, -0.05) is 12.1 Å². The van der Waals surface area contributed by atoms with Crippen LogP contribution >= 0.6 is 0 Å². The molecule has 1 aromatic heterocycles. The molecule has 0 saturated carbocycles. The maximum Gasteiger partial charge on any atom is 0.341 e. The third kappa shape index (κ3) is 4.10. The molecule has 1 atom stereocenters. The molecule has 200 valence electrons. The Hall–Kier alpha value is -3.87. The van der Waals surface area contributed by atoms with E-state index in [1.54, 1.807) is 43.1 Å². The van der Waals surface area contributed by atoms with Crippen LogP contribution < -0.4 is 10.7 Å². The van der Waals surface area contributed by atoms with Crippen LogP contribution in [0.5, 0.6) is 0 Å². The van der Waals surface area contributed by atoms with Gasteiger partial charge in [-0.25, -0.2) is 35.6 Å². The van der Waals surface area contributed by atoms with Gasteiger partial charge >= 0.3 is 6.03 Å². The first-order valence-electron chi connectivity index (χ1n) is 12.8. The molecular formula is C26H33N9O3. The van der Waals surface area contributed by atoms with Crippen LogP contribution in [0, 0.1) is 0 Å². The number of amides is 2. The molecule has 4 aliphatic heterocycles. The fourth-order valence-corrected chi connectivity index (χ4v) is 5.33. The van der Waals surface area contributed by atoms with E-state index in [0.717, 1.165) is 44.0 Å². The van der Waals surface area contributed by atoms with Gasteiger partial charge in [-0.3, -0.25) is 9.80 Å². The first kappa shape index (κ1) is 24.5. The summed E-state index contributed by atoms with van der Waals surface area (Å²) in [5, 5.41) is 15.0. The Morgan fingerprint density at radius 1 is 1.11 bits per heavy atom. The number of furan rings is 1. The summed E-state index contributed by atoms with van der Waals surface area (Å²) < 4.78 is 5.59. The monoisotopic (exact) mass is 519 g/mol. The molecule has 1 unspecified atom stereocenters. The number of hydrogen-bond donors (Lipinski definition) is 2. The van der Waals surface area contributed by atoms with Crippen molar-refractivity contribution in [2.45, 2.75) is 25.7 Å². The summed E-state index contributed by atoms with van der Waals surface area (Å²) in [4.78, 5) is 29.0. The van der Waals surface area contributed by atoms with Gasteiger partial charge in [0, 0.05) is 52.0 Å². The highest BCUT2D eigenvalue weighted by Crippen LogP contribution is 2.38. The number of nitrogens with zero attached hydrogens (tertiary/aromatic N) is 8. The van der Waals surface area contributed by atoms with E-state index in [1.165, 1.54) is 11.3 Å². The number of anilines is 1. The lowest BCUT2D eigenvalue weighted by Gasteiger charge is -2.37. The molecule has 0 spiro atoms. The van der Waals surface area contributed by atoms with Gasteiger partial charge in [0.2, 0.25) is 6.29 Å². The van der Waals surface area contributed by atoms with Crippen LogP contribution in [0.2, 0.25) is 0 Å². The third-order valence-electron chi connectivity index (χ3n) is 7.52. The number of aliphatic hydroxyl groups is 1. The highest BCUT2D eigenvalue weighted by atomic mass is 16.3. The number of hydrogen-bond acceptors (Lipinski definition) is 10. The predicted octanol–water partition coefficient (Wildman–Crippen LogP) is 1.50. The smallest absolute Gasteiger partial charge is 0.341 e. The molecule has 3 N–H and O–H groups in total. The fraction of sp³-hybridized carbons (Fsp3) is 0.423. The first-order chi connectivity index (χ1) is 18.2. The summed E-state index contributed by atoms with van der Waals surface area (Å²) in [5.41, 5.74) is 2.45. The molecule has 2 saturated heterocycles. The lowest BCUT2D eigenvalue weighted by molar-refractivity contribution is 0.0786. The Kier molecular flexibility index (Phi) is 5.89. The number of hydrazine groups is 2. The Balaban J connectivity index is 1.11. The van der Waals surface area contributed by atoms with Crippen LogP contribution in [0.25, 0.3) is 5.70 Å². The van der Waals surface area contributed by atoms with Gasteiger partial charge < -0.3 is 14.4 Å². The number of carbonyl (C=O) groups is 1. The van der Waals surface area contributed by atoms with Crippen molar-refractivity contribution in [3.63, 3.8) is 0 Å². The van der Waals surface area contributed by atoms with Crippen molar-refractivity contribution in [2.24, 2.45) is 15.8 Å². The second kappa shape index (κ2) is 9.15. The van der Waals surface area contributed by atoms with Crippen LogP contribution in [0.15, 0.2) is 62.8 Å². The highest BCUT2D eigenvalue weighted by molar-refractivity contribution is 6.12. The number of fused-ring (bicyclic) bond motifs is 3. The van der Waals surface area contributed by atoms with E-state index >= 15 is 0 Å². The summed E-state index contributed by atoms with van der Waals surface area (Å²) in [7, 11) is 1.74. The average molecular weight is 520 g/mol. The molecule has 1 aromatic carbocycles. The van der Waals surface area contributed by atoms with Crippen LogP contribution in [0.1, 0.15) is 25.2 Å². The number of benzene rings is 1. The number of aliphatic imine (C=N–C) groups is 2. The molecule has 4 aliphatic rings. The van der Waals surface area contributed by atoms with E-state index in [0.29, 0.717) is 29.5 Å². The number of amidine groups is 1. The molecule has 0 aliphatic carbocycles. The summed E-state index contributed by atoms with van der Waals surface area (Å²) in [6.07, 6.45) is 2.57. The molecule has 2 amide bonds. The van der Waals surface area contributed by atoms with Crippen LogP contribution in [-0.2, 0) is 5.60 Å². The zero-order chi connectivity index (χ0) is 26.6. The van der Waals surface area contributed by atoms with Crippen molar-refractivity contribution in [2.75, 3.05) is 51.2 Å². The van der Waals surface area contributed by atoms with Gasteiger partial charge in [0.1, 0.15) is 17.7 Å². The van der Waals surface area contributed by atoms with Gasteiger partial charge in [-0.15, -0.1) is 0 Å². The minimum atomic E-state index is -0.845. The van der Waals surface area contributed by atoms with Gasteiger partial charge in [0.05, 0.1) is 11.9 Å². The molecular weight excluding hydrogens is 486 g/mol. The van der Waals surface area contributed by atoms with Crippen molar-refractivity contribution >= 4 is 29.6 Å². The molecule has 12 nitrogen and oxygen atoms in total. The van der Waals surface area contributed by atoms with E-state index in [4.69, 9.17) is 15.3 Å². The average Bonchev–Trinajstić information content (AvgIpc) is 3.62. The summed E-state index contributed by atoms with van der Waals surface area (Å²) >= 11 is 0. The van der Waals surface area contributed by atoms with Gasteiger partial charge in [-0.05, 0) is 43.7 Å². The molecule has 6 rings (SSSR count). The number of nitrogens with two attached hydrogens (primary N) is 1. The highest BCUT2D eigenvalue weighted by Gasteiger charge is 2.51. The molecule has 38 heavy (non-hydrogen) atoms. The molecule has 2 aromatic rings. The fourth-order valence-electron chi connectivity index (χ4n) is 5.33. The minimum absolute atomic E-state index is 0.118. The van der Waals surface area contributed by atoms with Crippen molar-refractivity contribution in [1.82, 2.24) is 24.8 Å².